The maximum atomic E-state index is 11.7. The zero-order valence-electron chi connectivity index (χ0n) is 10.5. The normalized spacial score (nSPS) is 13.1. The highest BCUT2D eigenvalue weighted by molar-refractivity contribution is 7.90. The maximum Gasteiger partial charge on any atom is 0.251 e. The molecule has 0 aromatic heterocycles. The van der Waals surface area contributed by atoms with Crippen LogP contribution >= 0.6 is 0 Å². The van der Waals surface area contributed by atoms with Gasteiger partial charge in [0.1, 0.15) is 0 Å². The fourth-order valence-corrected chi connectivity index (χ4v) is 1.95. The van der Waals surface area contributed by atoms with E-state index in [1.54, 1.807) is 0 Å². The second kappa shape index (κ2) is 5.97. The molecule has 18 heavy (non-hydrogen) atoms. The lowest BCUT2D eigenvalue weighted by Crippen LogP contribution is -2.36. The lowest BCUT2D eigenvalue weighted by atomic mass is 10.2. The Morgan fingerprint density at radius 3 is 2.33 bits per heavy atom. The molecule has 0 saturated heterocycles. The average Bonchev–Trinajstić information content (AvgIpc) is 2.34. The molecule has 100 valence electrons. The maximum absolute atomic E-state index is 11.7. The monoisotopic (exact) mass is 270 g/mol. The summed E-state index contributed by atoms with van der Waals surface area (Å²) in [5.41, 5.74) is 6.11. The molecule has 0 spiro atoms. The summed E-state index contributed by atoms with van der Waals surface area (Å²) in [7, 11) is -3.23. The second-order valence-electron chi connectivity index (χ2n) is 4.17. The van der Waals surface area contributed by atoms with Gasteiger partial charge in [-0.25, -0.2) is 8.42 Å². The Morgan fingerprint density at radius 1 is 1.33 bits per heavy atom. The summed E-state index contributed by atoms with van der Waals surface area (Å²) >= 11 is 0. The minimum Gasteiger partial charge on any atom is -0.350 e. The highest BCUT2D eigenvalue weighted by atomic mass is 32.2. The van der Waals surface area contributed by atoms with Crippen molar-refractivity contribution in [1.29, 1.82) is 0 Å². The van der Waals surface area contributed by atoms with Crippen molar-refractivity contribution in [2.45, 2.75) is 24.3 Å². The van der Waals surface area contributed by atoms with Crippen LogP contribution in [-0.2, 0) is 9.84 Å². The van der Waals surface area contributed by atoms with Crippen LogP contribution < -0.4 is 11.1 Å². The van der Waals surface area contributed by atoms with E-state index in [1.807, 2.05) is 6.92 Å². The fraction of sp³-hybridized carbons (Fsp3) is 0.417. The number of hydrogen-bond acceptors (Lipinski definition) is 4. The van der Waals surface area contributed by atoms with E-state index >= 15 is 0 Å². The third kappa shape index (κ3) is 4.12. The molecule has 6 heteroatoms. The molecule has 1 aromatic carbocycles. The van der Waals surface area contributed by atoms with E-state index in [2.05, 4.69) is 5.32 Å². The van der Waals surface area contributed by atoms with Crippen molar-refractivity contribution in [2.75, 3.05) is 12.8 Å². The van der Waals surface area contributed by atoms with Crippen LogP contribution in [0.25, 0.3) is 0 Å². The summed E-state index contributed by atoms with van der Waals surface area (Å²) in [6.45, 7) is 2.35. The van der Waals surface area contributed by atoms with E-state index in [0.29, 0.717) is 12.1 Å². The van der Waals surface area contributed by atoms with Crippen molar-refractivity contribution in [3.05, 3.63) is 29.8 Å². The first-order valence-electron chi connectivity index (χ1n) is 5.68. The Bertz CT molecular complexity index is 509. The predicted molar refractivity (Wildman–Crippen MR) is 70.2 cm³/mol. The molecular formula is C12H18N2O3S. The number of carbonyl (C=O) groups is 1. The molecule has 0 heterocycles. The molecule has 1 atom stereocenters. The van der Waals surface area contributed by atoms with Crippen LogP contribution in [0.3, 0.4) is 0 Å². The van der Waals surface area contributed by atoms with Crippen LogP contribution in [0.2, 0.25) is 0 Å². The van der Waals surface area contributed by atoms with Gasteiger partial charge in [-0.3, -0.25) is 4.79 Å². The molecule has 5 nitrogen and oxygen atoms in total. The van der Waals surface area contributed by atoms with Crippen molar-refractivity contribution in [3.63, 3.8) is 0 Å². The molecule has 0 radical (unpaired) electrons. The van der Waals surface area contributed by atoms with Gasteiger partial charge in [-0.05, 0) is 30.7 Å². The van der Waals surface area contributed by atoms with E-state index < -0.39 is 9.84 Å². The number of carbonyl (C=O) groups excluding carboxylic acids is 1. The lowest BCUT2D eigenvalue weighted by Gasteiger charge is -2.10. The largest absolute Gasteiger partial charge is 0.350 e. The van der Waals surface area contributed by atoms with Crippen molar-refractivity contribution in [1.82, 2.24) is 5.32 Å². The van der Waals surface area contributed by atoms with Gasteiger partial charge in [0.15, 0.2) is 9.84 Å². The molecule has 0 bridgehead atoms. The molecule has 0 fully saturated rings. The number of sulfone groups is 1. The van der Waals surface area contributed by atoms with E-state index in [4.69, 9.17) is 5.73 Å². The number of amides is 1. The lowest BCUT2D eigenvalue weighted by molar-refractivity contribution is 0.0951. The number of benzene rings is 1. The molecule has 0 aliphatic heterocycles. The summed E-state index contributed by atoms with van der Waals surface area (Å²) in [5.74, 6) is -0.251. The van der Waals surface area contributed by atoms with Crippen LogP contribution in [0, 0.1) is 0 Å². The quantitative estimate of drug-likeness (QED) is 0.818. The fourth-order valence-electron chi connectivity index (χ4n) is 1.32. The molecular weight excluding hydrogens is 252 g/mol. The highest BCUT2D eigenvalue weighted by Gasteiger charge is 2.10. The van der Waals surface area contributed by atoms with Crippen LogP contribution in [0.5, 0.6) is 0 Å². The summed E-state index contributed by atoms with van der Waals surface area (Å²) in [6, 6.07) is 5.75. The average molecular weight is 270 g/mol. The van der Waals surface area contributed by atoms with Crippen LogP contribution in [0.15, 0.2) is 29.2 Å². The van der Waals surface area contributed by atoms with Crippen molar-refractivity contribution in [3.8, 4) is 0 Å². The number of nitrogens with two attached hydrogens (primary N) is 1. The van der Waals surface area contributed by atoms with Crippen LogP contribution in [0.4, 0.5) is 0 Å². The van der Waals surface area contributed by atoms with E-state index in [9.17, 15) is 13.2 Å². The van der Waals surface area contributed by atoms with Crippen molar-refractivity contribution >= 4 is 15.7 Å². The number of hydrogen-bond donors (Lipinski definition) is 2. The minimum atomic E-state index is -3.23. The molecule has 0 aliphatic carbocycles. The molecule has 3 N–H and O–H groups in total. The van der Waals surface area contributed by atoms with Gasteiger partial charge in [-0.2, -0.15) is 0 Å². The van der Waals surface area contributed by atoms with Gasteiger partial charge in [-0.15, -0.1) is 0 Å². The second-order valence-corrected chi connectivity index (χ2v) is 6.19. The van der Waals surface area contributed by atoms with Crippen LogP contribution in [0.1, 0.15) is 23.7 Å². The minimum absolute atomic E-state index is 0.0655. The summed E-state index contributed by atoms with van der Waals surface area (Å²) in [6.07, 6.45) is 1.91. The molecule has 1 rings (SSSR count). The zero-order chi connectivity index (χ0) is 13.8. The SMILES string of the molecule is CCC(N)CNC(=O)c1ccc(S(C)(=O)=O)cc1. The van der Waals surface area contributed by atoms with E-state index in [-0.39, 0.29) is 16.8 Å². The Hall–Kier alpha value is -1.40. The Labute approximate surface area is 107 Å². The molecule has 1 amide bonds. The van der Waals surface area contributed by atoms with Gasteiger partial charge in [0, 0.05) is 24.4 Å². The van der Waals surface area contributed by atoms with Gasteiger partial charge >= 0.3 is 0 Å². The first kappa shape index (κ1) is 14.7. The first-order chi connectivity index (χ1) is 8.34. The third-order valence-electron chi connectivity index (χ3n) is 2.59. The molecule has 0 aliphatic rings. The van der Waals surface area contributed by atoms with E-state index in [1.165, 1.54) is 24.3 Å². The van der Waals surface area contributed by atoms with Crippen LogP contribution in [-0.4, -0.2) is 33.2 Å². The predicted octanol–water partition coefficient (Wildman–Crippen LogP) is 0.557. The number of rotatable bonds is 5. The zero-order valence-corrected chi connectivity index (χ0v) is 11.3. The first-order valence-corrected chi connectivity index (χ1v) is 7.57. The van der Waals surface area contributed by atoms with Gasteiger partial charge in [0.2, 0.25) is 0 Å². The third-order valence-corrected chi connectivity index (χ3v) is 3.72. The smallest absolute Gasteiger partial charge is 0.251 e. The van der Waals surface area contributed by atoms with Gasteiger partial charge in [-0.1, -0.05) is 6.92 Å². The highest BCUT2D eigenvalue weighted by Crippen LogP contribution is 2.10. The Morgan fingerprint density at radius 2 is 1.89 bits per heavy atom. The Kier molecular flexibility index (Phi) is 4.86. The molecule has 0 saturated carbocycles. The molecule has 1 aromatic rings. The van der Waals surface area contributed by atoms with E-state index in [0.717, 1.165) is 12.7 Å². The molecule has 1 unspecified atom stereocenters. The standard InChI is InChI=1S/C12H18N2O3S/c1-3-10(13)8-14-12(15)9-4-6-11(7-5-9)18(2,16)17/h4-7,10H,3,8,13H2,1-2H3,(H,14,15). The number of nitrogens with one attached hydrogen (secondary N) is 1. The summed E-state index contributed by atoms with van der Waals surface area (Å²) in [4.78, 5) is 11.9. The summed E-state index contributed by atoms with van der Waals surface area (Å²) < 4.78 is 22.5. The summed E-state index contributed by atoms with van der Waals surface area (Å²) in [5, 5.41) is 2.69. The van der Waals surface area contributed by atoms with Crippen molar-refractivity contribution < 1.29 is 13.2 Å². The Balaban J connectivity index is 2.71. The van der Waals surface area contributed by atoms with Gasteiger partial charge in [0.05, 0.1) is 4.90 Å². The van der Waals surface area contributed by atoms with Gasteiger partial charge < -0.3 is 11.1 Å². The van der Waals surface area contributed by atoms with Crippen molar-refractivity contribution in [2.24, 2.45) is 5.73 Å². The van der Waals surface area contributed by atoms with Gasteiger partial charge in [0.25, 0.3) is 5.91 Å². The topological polar surface area (TPSA) is 89.3 Å².